The molecule has 0 radical (unpaired) electrons. The van der Waals surface area contributed by atoms with E-state index in [1.54, 1.807) is 30.3 Å². The normalized spacial score (nSPS) is 10.3. The van der Waals surface area contributed by atoms with E-state index in [0.29, 0.717) is 36.0 Å². The third-order valence-corrected chi connectivity index (χ3v) is 3.68. The molecule has 24 heavy (non-hydrogen) atoms. The van der Waals surface area contributed by atoms with Crippen LogP contribution in [0.2, 0.25) is 0 Å². The lowest BCUT2D eigenvalue weighted by atomic mass is 10.1. The molecule has 0 aliphatic carbocycles. The van der Waals surface area contributed by atoms with Crippen LogP contribution in [0.15, 0.2) is 40.9 Å². The monoisotopic (exact) mass is 395 g/mol. The first kappa shape index (κ1) is 18.3. The summed E-state index contributed by atoms with van der Waals surface area (Å²) in [6.45, 7) is 4.77. The smallest absolute Gasteiger partial charge is 0.228 e. The highest BCUT2D eigenvalue weighted by Crippen LogP contribution is 2.30. The molecule has 0 aromatic heterocycles. The SMILES string of the molecule is CCOc1ccc(NC(=O)Cc2cc(Br)ccc2F)cc1OCC. The molecule has 4 nitrogen and oxygen atoms in total. The van der Waals surface area contributed by atoms with Gasteiger partial charge in [0.25, 0.3) is 0 Å². The summed E-state index contributed by atoms with van der Waals surface area (Å²) in [5, 5.41) is 2.75. The summed E-state index contributed by atoms with van der Waals surface area (Å²) in [6, 6.07) is 9.68. The molecule has 0 heterocycles. The van der Waals surface area contributed by atoms with Crippen molar-refractivity contribution in [3.63, 3.8) is 0 Å². The zero-order chi connectivity index (χ0) is 17.5. The van der Waals surface area contributed by atoms with Crippen molar-refractivity contribution in [2.45, 2.75) is 20.3 Å². The van der Waals surface area contributed by atoms with E-state index in [0.717, 1.165) is 4.47 Å². The first-order chi connectivity index (χ1) is 11.5. The summed E-state index contributed by atoms with van der Waals surface area (Å²) in [7, 11) is 0. The largest absolute Gasteiger partial charge is 0.490 e. The van der Waals surface area contributed by atoms with Crippen molar-refractivity contribution >= 4 is 27.5 Å². The minimum Gasteiger partial charge on any atom is -0.490 e. The number of halogens is 2. The molecule has 0 atom stereocenters. The predicted molar refractivity (Wildman–Crippen MR) is 95.2 cm³/mol. The van der Waals surface area contributed by atoms with Crippen LogP contribution in [-0.4, -0.2) is 19.1 Å². The van der Waals surface area contributed by atoms with E-state index in [2.05, 4.69) is 21.2 Å². The Labute approximate surface area is 149 Å². The molecule has 0 unspecified atom stereocenters. The van der Waals surface area contributed by atoms with Gasteiger partial charge in [0.15, 0.2) is 11.5 Å². The fourth-order valence-corrected chi connectivity index (χ4v) is 2.59. The Morgan fingerprint density at radius 2 is 1.79 bits per heavy atom. The summed E-state index contributed by atoms with van der Waals surface area (Å²) in [6.07, 6.45) is -0.0531. The molecule has 1 N–H and O–H groups in total. The van der Waals surface area contributed by atoms with E-state index < -0.39 is 5.82 Å². The van der Waals surface area contributed by atoms with Gasteiger partial charge in [-0.3, -0.25) is 4.79 Å². The Hall–Kier alpha value is -2.08. The average molecular weight is 396 g/mol. The zero-order valence-electron chi connectivity index (χ0n) is 13.6. The van der Waals surface area contributed by atoms with Gasteiger partial charge in [-0.25, -0.2) is 4.39 Å². The van der Waals surface area contributed by atoms with Crippen molar-refractivity contribution in [1.82, 2.24) is 0 Å². The summed E-state index contributed by atoms with van der Waals surface area (Å²) >= 11 is 3.27. The molecule has 2 rings (SSSR count). The number of hydrogen-bond donors (Lipinski definition) is 1. The predicted octanol–water partition coefficient (Wildman–Crippen LogP) is 4.57. The second kappa shape index (κ2) is 8.68. The van der Waals surface area contributed by atoms with E-state index in [1.165, 1.54) is 6.07 Å². The van der Waals surface area contributed by atoms with Crippen molar-refractivity contribution in [3.05, 3.63) is 52.3 Å². The van der Waals surface area contributed by atoms with Crippen molar-refractivity contribution in [3.8, 4) is 11.5 Å². The number of benzene rings is 2. The molecule has 0 aliphatic heterocycles. The highest BCUT2D eigenvalue weighted by molar-refractivity contribution is 9.10. The van der Waals surface area contributed by atoms with E-state index >= 15 is 0 Å². The molecular weight excluding hydrogens is 377 g/mol. The minimum atomic E-state index is -0.407. The number of carbonyl (C=O) groups excluding carboxylic acids is 1. The van der Waals surface area contributed by atoms with Gasteiger partial charge >= 0.3 is 0 Å². The van der Waals surface area contributed by atoms with Crippen LogP contribution >= 0.6 is 15.9 Å². The van der Waals surface area contributed by atoms with E-state index in [4.69, 9.17) is 9.47 Å². The second-order valence-corrected chi connectivity index (χ2v) is 5.90. The number of nitrogens with one attached hydrogen (secondary N) is 1. The quantitative estimate of drug-likeness (QED) is 0.746. The van der Waals surface area contributed by atoms with Crippen LogP contribution in [-0.2, 0) is 11.2 Å². The summed E-state index contributed by atoms with van der Waals surface area (Å²) in [4.78, 5) is 12.2. The van der Waals surface area contributed by atoms with Gasteiger partial charge in [0.1, 0.15) is 5.82 Å². The van der Waals surface area contributed by atoms with Gasteiger partial charge in [0.05, 0.1) is 19.6 Å². The van der Waals surface area contributed by atoms with E-state index in [-0.39, 0.29) is 12.3 Å². The molecule has 0 saturated carbocycles. The molecule has 2 aromatic carbocycles. The maximum atomic E-state index is 13.7. The Kier molecular flexibility index (Phi) is 6.61. The molecule has 0 aliphatic rings. The number of amides is 1. The first-order valence-corrected chi connectivity index (χ1v) is 8.46. The Morgan fingerprint density at radius 3 is 2.50 bits per heavy atom. The third-order valence-electron chi connectivity index (χ3n) is 3.19. The van der Waals surface area contributed by atoms with Gasteiger partial charge in [-0.15, -0.1) is 0 Å². The lowest BCUT2D eigenvalue weighted by Crippen LogP contribution is -2.15. The highest BCUT2D eigenvalue weighted by Gasteiger charge is 2.11. The maximum absolute atomic E-state index is 13.7. The average Bonchev–Trinajstić information content (AvgIpc) is 2.54. The number of anilines is 1. The lowest BCUT2D eigenvalue weighted by Gasteiger charge is -2.13. The van der Waals surface area contributed by atoms with Crippen molar-refractivity contribution in [1.29, 1.82) is 0 Å². The highest BCUT2D eigenvalue weighted by atomic mass is 79.9. The fourth-order valence-electron chi connectivity index (χ4n) is 2.19. The Bertz CT molecular complexity index is 721. The Balaban J connectivity index is 2.10. The summed E-state index contributed by atoms with van der Waals surface area (Å²) in [5.41, 5.74) is 0.903. The van der Waals surface area contributed by atoms with Crippen LogP contribution in [0.25, 0.3) is 0 Å². The van der Waals surface area contributed by atoms with Crippen LogP contribution in [0.3, 0.4) is 0 Å². The molecule has 6 heteroatoms. The minimum absolute atomic E-state index is 0.0531. The molecule has 0 fully saturated rings. The molecule has 128 valence electrons. The van der Waals surface area contributed by atoms with Crippen LogP contribution < -0.4 is 14.8 Å². The van der Waals surface area contributed by atoms with Gasteiger partial charge in [0, 0.05) is 16.2 Å². The summed E-state index contributed by atoms with van der Waals surface area (Å²) in [5.74, 6) is 0.467. The topological polar surface area (TPSA) is 47.6 Å². The molecular formula is C18H19BrFNO3. The summed E-state index contributed by atoms with van der Waals surface area (Å²) < 4.78 is 25.5. The van der Waals surface area contributed by atoms with Crippen molar-refractivity contribution < 1.29 is 18.7 Å². The Morgan fingerprint density at radius 1 is 1.08 bits per heavy atom. The lowest BCUT2D eigenvalue weighted by molar-refractivity contribution is -0.115. The standard InChI is InChI=1S/C18H19BrFNO3/c1-3-23-16-8-6-14(11-17(16)24-4-2)21-18(22)10-12-9-13(19)5-7-15(12)20/h5-9,11H,3-4,10H2,1-2H3,(H,21,22). The van der Waals surface area contributed by atoms with Crippen molar-refractivity contribution in [2.75, 3.05) is 18.5 Å². The molecule has 0 spiro atoms. The van der Waals surface area contributed by atoms with Gasteiger partial charge < -0.3 is 14.8 Å². The number of hydrogen-bond acceptors (Lipinski definition) is 3. The fraction of sp³-hybridized carbons (Fsp3) is 0.278. The number of rotatable bonds is 7. The molecule has 1 amide bonds. The van der Waals surface area contributed by atoms with Crippen LogP contribution in [0.1, 0.15) is 19.4 Å². The van der Waals surface area contributed by atoms with Crippen molar-refractivity contribution in [2.24, 2.45) is 0 Å². The second-order valence-electron chi connectivity index (χ2n) is 4.99. The molecule has 0 saturated heterocycles. The van der Waals surface area contributed by atoms with Gasteiger partial charge in [0.2, 0.25) is 5.91 Å². The van der Waals surface area contributed by atoms with Crippen LogP contribution in [0.5, 0.6) is 11.5 Å². The zero-order valence-corrected chi connectivity index (χ0v) is 15.2. The first-order valence-electron chi connectivity index (χ1n) is 7.67. The van der Waals surface area contributed by atoms with E-state index in [1.807, 2.05) is 13.8 Å². The van der Waals surface area contributed by atoms with Crippen LogP contribution in [0.4, 0.5) is 10.1 Å². The van der Waals surface area contributed by atoms with Gasteiger partial charge in [-0.1, -0.05) is 15.9 Å². The molecule has 2 aromatic rings. The third kappa shape index (κ3) is 4.96. The van der Waals surface area contributed by atoms with Gasteiger partial charge in [-0.05, 0) is 49.7 Å². The number of ether oxygens (including phenoxy) is 2. The van der Waals surface area contributed by atoms with Gasteiger partial charge in [-0.2, -0.15) is 0 Å². The molecule has 0 bridgehead atoms. The maximum Gasteiger partial charge on any atom is 0.228 e. The van der Waals surface area contributed by atoms with E-state index in [9.17, 15) is 9.18 Å². The van der Waals surface area contributed by atoms with Crippen LogP contribution in [0, 0.1) is 5.82 Å². The number of carbonyl (C=O) groups is 1.